The number of benzene rings is 2. The summed E-state index contributed by atoms with van der Waals surface area (Å²) in [6.45, 7) is -4.04. The van der Waals surface area contributed by atoms with E-state index in [1.165, 1.54) is 11.3 Å². The molecule has 0 aliphatic carbocycles. The summed E-state index contributed by atoms with van der Waals surface area (Å²) in [6, 6.07) is 10.3. The number of carbonyl (C=O) groups is 1. The number of para-hydroxylation sites is 2. The molecule has 2 aromatic carbocycles. The number of rotatable bonds is 12. The number of aromatic nitrogens is 2. The third kappa shape index (κ3) is 7.22. The molecular weight excluding hydrogens is 486 g/mol. The third-order valence-corrected chi connectivity index (χ3v) is 5.83. The fraction of sp³-hybridized carbons (Fsp3) is 0.250. The Morgan fingerprint density at radius 2 is 1.82 bits per heavy atom. The first-order valence-electron chi connectivity index (χ1n) is 9.37. The molecule has 0 atom stereocenters. The van der Waals surface area contributed by atoms with Crippen LogP contribution in [0.3, 0.4) is 0 Å². The number of alkyl halides is 4. The van der Waals surface area contributed by atoms with E-state index in [0.717, 1.165) is 30.0 Å². The van der Waals surface area contributed by atoms with Gasteiger partial charge in [0.15, 0.2) is 10.1 Å². The van der Waals surface area contributed by atoms with E-state index in [2.05, 4.69) is 25.0 Å². The lowest BCUT2D eigenvalue weighted by molar-refractivity contribution is -0.0544. The molecule has 0 spiro atoms. The Bertz CT molecular complexity index is 1080. The summed E-state index contributed by atoms with van der Waals surface area (Å²) in [5.74, 6) is -1.05. The highest BCUT2D eigenvalue weighted by Gasteiger charge is 2.19. The van der Waals surface area contributed by atoms with E-state index in [1.54, 1.807) is 6.07 Å². The summed E-state index contributed by atoms with van der Waals surface area (Å²) in [5, 5.41) is 11.6. The molecule has 0 aliphatic heterocycles. The third-order valence-electron chi connectivity index (χ3n) is 3.86. The lowest BCUT2D eigenvalue weighted by Gasteiger charge is -2.12. The van der Waals surface area contributed by atoms with Gasteiger partial charge in [0.25, 0.3) is 0 Å². The molecule has 1 heterocycles. The van der Waals surface area contributed by atoms with Gasteiger partial charge in [0.1, 0.15) is 17.2 Å². The average Bonchev–Trinajstić information content (AvgIpc) is 3.20. The van der Waals surface area contributed by atoms with Crippen LogP contribution >= 0.6 is 23.1 Å². The van der Waals surface area contributed by atoms with Gasteiger partial charge in [-0.1, -0.05) is 35.2 Å². The van der Waals surface area contributed by atoms with Gasteiger partial charge in [-0.2, -0.15) is 17.6 Å². The normalized spacial score (nSPS) is 11.0. The first-order chi connectivity index (χ1) is 15.9. The number of hydrogen-bond donors (Lipinski definition) is 1. The first kappa shape index (κ1) is 24.6. The molecule has 7 nitrogen and oxygen atoms in total. The molecule has 0 amide bonds. The molecule has 0 aliphatic rings. The summed E-state index contributed by atoms with van der Waals surface area (Å²) in [5.41, 5.74) is 0.501. The Balaban J connectivity index is 1.66. The number of anilines is 2. The topological polar surface area (TPSA) is 82.6 Å². The summed E-state index contributed by atoms with van der Waals surface area (Å²) in [7, 11) is 0. The van der Waals surface area contributed by atoms with E-state index in [9.17, 15) is 22.4 Å². The number of hydrogen-bond acceptors (Lipinski definition) is 9. The predicted octanol–water partition coefficient (Wildman–Crippen LogP) is 5.86. The minimum atomic E-state index is -3.25. The molecule has 13 heteroatoms. The smallest absolute Gasteiger partial charge is 0.387 e. The molecule has 0 radical (unpaired) electrons. The second-order valence-electron chi connectivity index (χ2n) is 6.05. The fourth-order valence-electron chi connectivity index (χ4n) is 2.59. The number of nitrogens with zero attached hydrogens (tertiary/aromatic N) is 2. The van der Waals surface area contributed by atoms with Crippen molar-refractivity contribution in [1.82, 2.24) is 10.2 Å². The van der Waals surface area contributed by atoms with Crippen molar-refractivity contribution in [3.8, 4) is 17.2 Å². The molecule has 0 unspecified atom stereocenters. The predicted molar refractivity (Wildman–Crippen MR) is 116 cm³/mol. The fourth-order valence-corrected chi connectivity index (χ4v) is 4.24. The van der Waals surface area contributed by atoms with Gasteiger partial charge < -0.3 is 19.5 Å². The Hall–Kier alpha value is -3.06. The van der Waals surface area contributed by atoms with E-state index in [1.807, 2.05) is 25.1 Å². The van der Waals surface area contributed by atoms with Crippen LogP contribution in [0.1, 0.15) is 17.3 Å². The van der Waals surface area contributed by atoms with Crippen molar-refractivity contribution in [2.45, 2.75) is 24.5 Å². The quantitative estimate of drug-likeness (QED) is 0.187. The number of halogens is 4. The Morgan fingerprint density at radius 3 is 2.55 bits per heavy atom. The maximum atomic E-state index is 12.7. The zero-order valence-electron chi connectivity index (χ0n) is 17.0. The molecular formula is C20H17F4N3O4S2. The lowest BCUT2D eigenvalue weighted by Crippen LogP contribution is -2.10. The van der Waals surface area contributed by atoms with Gasteiger partial charge in [0.05, 0.1) is 23.6 Å². The lowest BCUT2D eigenvalue weighted by atomic mass is 10.1. The highest BCUT2D eigenvalue weighted by molar-refractivity contribution is 8.01. The van der Waals surface area contributed by atoms with Crippen molar-refractivity contribution < 1.29 is 36.6 Å². The molecule has 3 aromatic rings. The van der Waals surface area contributed by atoms with Crippen molar-refractivity contribution in [2.24, 2.45) is 0 Å². The van der Waals surface area contributed by atoms with Crippen molar-refractivity contribution in [2.75, 3.05) is 17.7 Å². The standard InChI is InChI=1S/C20H17F4N3O4S2/c1-2-29-15-6-4-3-5-13(15)25-19-26-27-20(33-19)32-10-14(28)12-8-7-11(30-17(21)22)9-16(12)31-18(23)24/h3-9,17-18H,2,10H2,1H3,(H,25,26). The van der Waals surface area contributed by atoms with Gasteiger partial charge in [-0.25, -0.2) is 0 Å². The van der Waals surface area contributed by atoms with Gasteiger partial charge in [-0.15, -0.1) is 10.2 Å². The molecule has 1 aromatic heterocycles. The molecule has 0 saturated carbocycles. The molecule has 33 heavy (non-hydrogen) atoms. The van der Waals surface area contributed by atoms with E-state index in [4.69, 9.17) is 4.74 Å². The van der Waals surface area contributed by atoms with Gasteiger partial charge >= 0.3 is 13.2 Å². The Morgan fingerprint density at radius 1 is 1.06 bits per heavy atom. The molecule has 0 saturated heterocycles. The van der Waals surface area contributed by atoms with Crippen LogP contribution in [0.2, 0.25) is 0 Å². The zero-order chi connectivity index (χ0) is 23.8. The van der Waals surface area contributed by atoms with Crippen LogP contribution in [-0.4, -0.2) is 41.6 Å². The second-order valence-corrected chi connectivity index (χ2v) is 8.25. The summed E-state index contributed by atoms with van der Waals surface area (Å²) in [6.07, 6.45) is 0. The van der Waals surface area contributed by atoms with Crippen LogP contribution in [-0.2, 0) is 0 Å². The van der Waals surface area contributed by atoms with E-state index in [0.29, 0.717) is 27.5 Å². The highest BCUT2D eigenvalue weighted by Crippen LogP contribution is 2.33. The molecule has 0 bridgehead atoms. The van der Waals surface area contributed by atoms with E-state index >= 15 is 0 Å². The zero-order valence-corrected chi connectivity index (χ0v) is 18.6. The number of thioether (sulfide) groups is 1. The number of nitrogens with one attached hydrogen (secondary N) is 1. The van der Waals surface area contributed by atoms with Crippen LogP contribution in [0.15, 0.2) is 46.8 Å². The van der Waals surface area contributed by atoms with Gasteiger partial charge in [0.2, 0.25) is 5.13 Å². The van der Waals surface area contributed by atoms with Crippen molar-refractivity contribution >= 4 is 39.7 Å². The summed E-state index contributed by atoms with van der Waals surface area (Å²) >= 11 is 2.22. The van der Waals surface area contributed by atoms with Crippen molar-refractivity contribution in [3.63, 3.8) is 0 Å². The van der Waals surface area contributed by atoms with Crippen LogP contribution in [0.4, 0.5) is 28.4 Å². The largest absolute Gasteiger partial charge is 0.492 e. The van der Waals surface area contributed by atoms with Crippen LogP contribution < -0.4 is 19.5 Å². The second kappa shape index (κ2) is 11.7. The number of ether oxygens (including phenoxy) is 3. The number of carbonyl (C=O) groups excluding carboxylic acids is 1. The molecule has 1 N–H and O–H groups in total. The minimum Gasteiger partial charge on any atom is -0.492 e. The van der Waals surface area contributed by atoms with Crippen LogP contribution in [0.25, 0.3) is 0 Å². The first-order valence-corrected chi connectivity index (χ1v) is 11.2. The van der Waals surface area contributed by atoms with Crippen LogP contribution in [0.5, 0.6) is 17.2 Å². The monoisotopic (exact) mass is 503 g/mol. The van der Waals surface area contributed by atoms with Crippen molar-refractivity contribution in [3.05, 3.63) is 48.0 Å². The van der Waals surface area contributed by atoms with Gasteiger partial charge in [-0.05, 0) is 31.2 Å². The SMILES string of the molecule is CCOc1ccccc1Nc1nnc(SCC(=O)c2ccc(OC(F)F)cc2OC(F)F)s1. The Kier molecular flexibility index (Phi) is 8.72. The number of ketones is 1. The summed E-state index contributed by atoms with van der Waals surface area (Å²) in [4.78, 5) is 12.6. The van der Waals surface area contributed by atoms with E-state index in [-0.39, 0.29) is 11.3 Å². The maximum Gasteiger partial charge on any atom is 0.387 e. The average molecular weight is 503 g/mol. The molecule has 0 fully saturated rings. The van der Waals surface area contributed by atoms with Crippen LogP contribution in [0, 0.1) is 0 Å². The molecule has 3 rings (SSSR count). The minimum absolute atomic E-state index is 0.168. The highest BCUT2D eigenvalue weighted by atomic mass is 32.2. The summed E-state index contributed by atoms with van der Waals surface area (Å²) < 4.78 is 64.6. The Labute approximate surface area is 194 Å². The molecule has 176 valence electrons. The van der Waals surface area contributed by atoms with Gasteiger partial charge in [0, 0.05) is 6.07 Å². The number of Topliss-reactive ketones (excluding diaryl/α,β-unsaturated/α-hetero) is 1. The maximum absolute atomic E-state index is 12.7. The van der Waals surface area contributed by atoms with E-state index < -0.39 is 30.5 Å². The van der Waals surface area contributed by atoms with Crippen molar-refractivity contribution in [1.29, 1.82) is 0 Å². The van der Waals surface area contributed by atoms with Gasteiger partial charge in [-0.3, -0.25) is 4.79 Å².